The minimum absolute atomic E-state index is 0.253. The van der Waals surface area contributed by atoms with Gasteiger partial charge in [-0.15, -0.1) is 0 Å². The number of amides is 1. The quantitative estimate of drug-likeness (QED) is 0.900. The molecular weight excluding hydrogens is 311 g/mol. The van der Waals surface area contributed by atoms with Crippen LogP contribution in [-0.2, 0) is 6.42 Å². The lowest BCUT2D eigenvalue weighted by Gasteiger charge is -2.39. The lowest BCUT2D eigenvalue weighted by molar-refractivity contribution is 0.0116. The Morgan fingerprint density at radius 1 is 1.29 bits per heavy atom. The van der Waals surface area contributed by atoms with Crippen molar-refractivity contribution in [1.82, 2.24) is 9.88 Å². The van der Waals surface area contributed by atoms with Crippen LogP contribution < -0.4 is 5.56 Å². The Labute approximate surface area is 138 Å². The second-order valence-electron chi connectivity index (χ2n) is 6.01. The first-order chi connectivity index (χ1) is 11.6. The van der Waals surface area contributed by atoms with Crippen LogP contribution in [0.5, 0.6) is 0 Å². The Bertz CT molecular complexity index is 769. The summed E-state index contributed by atoms with van der Waals surface area (Å²) in [5.74, 6) is -0.613. The van der Waals surface area contributed by atoms with Crippen molar-refractivity contribution < 1.29 is 14.3 Å². The third kappa shape index (κ3) is 3.38. The number of nitrogens with zero attached hydrogens (tertiary/aromatic N) is 1. The van der Waals surface area contributed by atoms with Crippen molar-refractivity contribution in [1.29, 1.82) is 0 Å². The van der Waals surface area contributed by atoms with Gasteiger partial charge in [-0.05, 0) is 37.0 Å². The summed E-state index contributed by atoms with van der Waals surface area (Å²) in [4.78, 5) is 28.0. The average molecular weight is 330 g/mol. The summed E-state index contributed by atoms with van der Waals surface area (Å²) in [6, 6.07) is 8.65. The number of nitrogens with one attached hydrogen (secondary N) is 1. The van der Waals surface area contributed by atoms with Crippen LogP contribution in [0.1, 0.15) is 28.8 Å². The zero-order chi connectivity index (χ0) is 17.1. The van der Waals surface area contributed by atoms with Crippen LogP contribution in [0.3, 0.4) is 0 Å². The van der Waals surface area contributed by atoms with E-state index in [2.05, 4.69) is 4.98 Å². The van der Waals surface area contributed by atoms with Gasteiger partial charge in [0.1, 0.15) is 5.82 Å². The maximum Gasteiger partial charge on any atom is 0.255 e. The van der Waals surface area contributed by atoms with Crippen molar-refractivity contribution >= 4 is 5.91 Å². The van der Waals surface area contributed by atoms with E-state index in [9.17, 15) is 19.1 Å². The molecule has 0 unspecified atom stereocenters. The maximum atomic E-state index is 13.9. The molecule has 6 heteroatoms. The van der Waals surface area contributed by atoms with Gasteiger partial charge in [-0.3, -0.25) is 9.59 Å². The van der Waals surface area contributed by atoms with Crippen LogP contribution in [0.25, 0.3) is 0 Å². The van der Waals surface area contributed by atoms with Crippen LogP contribution in [0.4, 0.5) is 4.39 Å². The first kappa shape index (κ1) is 16.4. The Kier molecular flexibility index (Phi) is 4.76. The summed E-state index contributed by atoms with van der Waals surface area (Å²) in [5, 5.41) is 10.4. The highest BCUT2D eigenvalue weighted by atomic mass is 19.1. The number of H-pyrrole nitrogens is 1. The first-order valence-electron chi connectivity index (χ1n) is 7.97. The molecule has 0 radical (unpaired) electrons. The average Bonchev–Trinajstić information content (AvgIpc) is 2.58. The van der Waals surface area contributed by atoms with Crippen LogP contribution >= 0.6 is 0 Å². The van der Waals surface area contributed by atoms with Gasteiger partial charge in [0.15, 0.2) is 0 Å². The molecular formula is C18H19FN2O3. The number of carbonyl (C=O) groups is 1. The normalized spacial score (nSPS) is 20.8. The van der Waals surface area contributed by atoms with Crippen LogP contribution in [0.2, 0.25) is 0 Å². The number of benzene rings is 1. The van der Waals surface area contributed by atoms with Crippen molar-refractivity contribution in [2.75, 3.05) is 6.54 Å². The molecule has 5 nitrogen and oxygen atoms in total. The number of aromatic amines is 1. The molecule has 1 amide bonds. The highest BCUT2D eigenvalue weighted by Gasteiger charge is 2.34. The smallest absolute Gasteiger partial charge is 0.255 e. The number of rotatable bonds is 3. The number of aliphatic hydroxyl groups excluding tert-OH is 1. The number of hydrogen-bond acceptors (Lipinski definition) is 3. The fourth-order valence-corrected chi connectivity index (χ4v) is 3.13. The van der Waals surface area contributed by atoms with Crippen molar-refractivity contribution in [2.45, 2.75) is 31.4 Å². The molecule has 1 fully saturated rings. The molecule has 2 heterocycles. The van der Waals surface area contributed by atoms with Crippen LogP contribution in [0.15, 0.2) is 47.4 Å². The first-order valence-corrected chi connectivity index (χ1v) is 7.97. The molecule has 2 atom stereocenters. The topological polar surface area (TPSA) is 73.4 Å². The van der Waals surface area contributed by atoms with Gasteiger partial charge in [0, 0.05) is 18.8 Å². The summed E-state index contributed by atoms with van der Waals surface area (Å²) in [5.41, 5.74) is 0.540. The number of hydrogen-bond donors (Lipinski definition) is 2. The lowest BCUT2D eigenvalue weighted by Crippen LogP contribution is -2.52. The van der Waals surface area contributed by atoms with E-state index in [0.29, 0.717) is 30.5 Å². The second-order valence-corrected chi connectivity index (χ2v) is 6.01. The second kappa shape index (κ2) is 6.97. The Balaban J connectivity index is 1.86. The molecule has 0 spiro atoms. The van der Waals surface area contributed by atoms with Crippen molar-refractivity contribution in [3.8, 4) is 0 Å². The summed E-state index contributed by atoms with van der Waals surface area (Å²) in [6.45, 7) is 0.494. The SMILES string of the molecule is O=C(c1ccc(=O)[nH]c1)N1CCC[C@H](O)[C@@H]1Cc1ccccc1F. The predicted molar refractivity (Wildman–Crippen MR) is 87.2 cm³/mol. The zero-order valence-electron chi connectivity index (χ0n) is 13.1. The fraction of sp³-hybridized carbons (Fsp3) is 0.333. The molecule has 1 aromatic carbocycles. The maximum absolute atomic E-state index is 13.9. The predicted octanol–water partition coefficient (Wildman–Crippen LogP) is 1.72. The van der Waals surface area contributed by atoms with Gasteiger partial charge in [-0.1, -0.05) is 18.2 Å². The molecule has 126 valence electrons. The largest absolute Gasteiger partial charge is 0.391 e. The standard InChI is InChI=1S/C18H19FN2O3/c19-14-5-2-1-4-12(14)10-15-16(22)6-3-9-21(15)18(24)13-7-8-17(23)20-11-13/h1-2,4-5,7-8,11,15-16,22H,3,6,9-10H2,(H,20,23)/t15-,16-/m0/s1. The minimum Gasteiger partial charge on any atom is -0.391 e. The Morgan fingerprint density at radius 2 is 2.08 bits per heavy atom. The molecule has 1 saturated heterocycles. The van der Waals surface area contributed by atoms with E-state index in [1.54, 1.807) is 23.1 Å². The highest BCUT2D eigenvalue weighted by molar-refractivity contribution is 5.94. The molecule has 0 saturated carbocycles. The third-order valence-electron chi connectivity index (χ3n) is 4.42. The van der Waals surface area contributed by atoms with Gasteiger partial charge >= 0.3 is 0 Å². The number of pyridine rings is 1. The molecule has 1 aromatic heterocycles. The molecule has 0 aliphatic carbocycles. The lowest BCUT2D eigenvalue weighted by atomic mass is 9.92. The number of likely N-dealkylation sites (tertiary alicyclic amines) is 1. The van der Waals surface area contributed by atoms with Crippen molar-refractivity contribution in [3.63, 3.8) is 0 Å². The van der Waals surface area contributed by atoms with Crippen molar-refractivity contribution in [2.24, 2.45) is 0 Å². The monoisotopic (exact) mass is 330 g/mol. The molecule has 24 heavy (non-hydrogen) atoms. The van der Waals surface area contributed by atoms with Gasteiger partial charge in [-0.25, -0.2) is 4.39 Å². The summed E-state index contributed by atoms with van der Waals surface area (Å²) in [6.07, 6.45) is 2.18. The summed E-state index contributed by atoms with van der Waals surface area (Å²) >= 11 is 0. The van der Waals surface area contributed by atoms with E-state index >= 15 is 0 Å². The highest BCUT2D eigenvalue weighted by Crippen LogP contribution is 2.24. The summed E-state index contributed by atoms with van der Waals surface area (Å²) in [7, 11) is 0. The molecule has 1 aliphatic heterocycles. The molecule has 1 aliphatic rings. The molecule has 2 aromatic rings. The zero-order valence-corrected chi connectivity index (χ0v) is 13.1. The third-order valence-corrected chi connectivity index (χ3v) is 4.42. The Hall–Kier alpha value is -2.47. The van der Waals surface area contributed by atoms with Gasteiger partial charge in [0.05, 0.1) is 17.7 Å². The number of carbonyl (C=O) groups excluding carboxylic acids is 1. The van der Waals surface area contributed by atoms with Crippen LogP contribution in [0, 0.1) is 5.82 Å². The molecule has 0 bridgehead atoms. The number of halogens is 1. The minimum atomic E-state index is -0.704. The van der Waals surface area contributed by atoms with Gasteiger partial charge < -0.3 is 15.0 Å². The Morgan fingerprint density at radius 3 is 2.79 bits per heavy atom. The van der Waals surface area contributed by atoms with Gasteiger partial charge in [-0.2, -0.15) is 0 Å². The van der Waals surface area contributed by atoms with E-state index in [1.807, 2.05) is 0 Å². The van der Waals surface area contributed by atoms with E-state index in [-0.39, 0.29) is 23.7 Å². The van der Waals surface area contributed by atoms with Crippen molar-refractivity contribution in [3.05, 3.63) is 69.9 Å². The number of piperidine rings is 1. The van der Waals surface area contributed by atoms with E-state index in [1.165, 1.54) is 24.4 Å². The molecule has 3 rings (SSSR count). The number of aromatic nitrogens is 1. The summed E-state index contributed by atoms with van der Waals surface area (Å²) < 4.78 is 13.9. The fourth-order valence-electron chi connectivity index (χ4n) is 3.13. The molecule has 2 N–H and O–H groups in total. The van der Waals surface area contributed by atoms with Gasteiger partial charge in [0.2, 0.25) is 5.56 Å². The van der Waals surface area contributed by atoms with E-state index < -0.39 is 12.1 Å². The number of aliphatic hydroxyl groups is 1. The van der Waals surface area contributed by atoms with E-state index in [0.717, 1.165) is 0 Å². The van der Waals surface area contributed by atoms with Crippen LogP contribution in [-0.4, -0.2) is 39.6 Å². The van der Waals surface area contributed by atoms with Gasteiger partial charge in [0.25, 0.3) is 5.91 Å². The van der Waals surface area contributed by atoms with E-state index in [4.69, 9.17) is 0 Å².